The molecule has 3 N–H and O–H groups in total. The van der Waals surface area contributed by atoms with E-state index in [1.54, 1.807) is 11.8 Å². The summed E-state index contributed by atoms with van der Waals surface area (Å²) >= 11 is 1.55. The minimum Gasteiger partial charge on any atom is -0.392 e. The van der Waals surface area contributed by atoms with Crippen LogP contribution in [0.1, 0.15) is 42.9 Å². The van der Waals surface area contributed by atoms with Gasteiger partial charge in [-0.2, -0.15) is 5.10 Å². The third kappa shape index (κ3) is 5.36. The number of H-pyrrole nitrogens is 1. The lowest BCUT2D eigenvalue weighted by molar-refractivity contribution is -0.268. The summed E-state index contributed by atoms with van der Waals surface area (Å²) in [7, 11) is 0. The Labute approximate surface area is 190 Å². The molecule has 1 fully saturated rings. The van der Waals surface area contributed by atoms with Gasteiger partial charge in [-0.1, -0.05) is 55.1 Å². The summed E-state index contributed by atoms with van der Waals surface area (Å²) in [5, 5.41) is 19.7. The van der Waals surface area contributed by atoms with Crippen molar-refractivity contribution in [2.75, 3.05) is 11.1 Å². The molecule has 32 heavy (non-hydrogen) atoms. The van der Waals surface area contributed by atoms with Crippen LogP contribution in [0.15, 0.2) is 60.0 Å². The van der Waals surface area contributed by atoms with Gasteiger partial charge in [-0.05, 0) is 23.3 Å². The Balaban J connectivity index is 1.60. The van der Waals surface area contributed by atoms with Gasteiger partial charge in [-0.25, -0.2) is 4.98 Å². The lowest BCUT2D eigenvalue weighted by atomic mass is 9.91. The maximum absolute atomic E-state index is 11.5. The molecule has 2 aromatic carbocycles. The molecular weight excluding hydrogens is 428 g/mol. The normalized spacial score (nSPS) is 23.1. The van der Waals surface area contributed by atoms with Gasteiger partial charge in [-0.15, -0.1) is 0 Å². The van der Waals surface area contributed by atoms with Gasteiger partial charge in [0, 0.05) is 29.8 Å². The number of aliphatic hydroxyl groups is 1. The Morgan fingerprint density at radius 2 is 2.00 bits per heavy atom. The molecule has 0 spiro atoms. The summed E-state index contributed by atoms with van der Waals surface area (Å²) in [5.74, 6) is 0.608. The summed E-state index contributed by atoms with van der Waals surface area (Å²) in [6.45, 7) is 3.59. The van der Waals surface area contributed by atoms with Crippen molar-refractivity contribution in [1.82, 2.24) is 15.2 Å². The van der Waals surface area contributed by atoms with E-state index < -0.39 is 6.29 Å². The highest BCUT2D eigenvalue weighted by Crippen LogP contribution is 2.43. The number of hydrogen-bond acceptors (Lipinski definition) is 7. The molecule has 8 nitrogen and oxygen atoms in total. The quantitative estimate of drug-likeness (QED) is 0.465. The molecule has 4 atom stereocenters. The average Bonchev–Trinajstić information content (AvgIpc) is 3.32. The van der Waals surface area contributed by atoms with E-state index in [4.69, 9.17) is 9.47 Å². The molecular formula is C23H26N4O4S. The number of carbonyl (C=O) groups is 1. The van der Waals surface area contributed by atoms with Gasteiger partial charge in [0.1, 0.15) is 6.33 Å². The second kappa shape index (κ2) is 10.3. The molecule has 0 saturated carbocycles. The standard InChI is InChI=1S/C23H26N4O4S/c1-14-20(12-32-23-24-13-25-27-23)30-22(18-4-3-5-19(10-18)26-15(2)29)31-21(14)17-8-6-16(11-28)7-9-17/h3-10,13-14,20-22,28H,11-12H2,1-2H3,(H,26,29)(H,24,25,27)/t14-,20+,21+,22+/m0/s1. The number of aliphatic hydroxyl groups excluding tert-OH is 1. The minimum atomic E-state index is -0.595. The highest BCUT2D eigenvalue weighted by molar-refractivity contribution is 7.99. The number of amides is 1. The predicted molar refractivity (Wildman–Crippen MR) is 121 cm³/mol. The van der Waals surface area contributed by atoms with Crippen LogP contribution in [-0.4, -0.2) is 38.1 Å². The highest BCUT2D eigenvalue weighted by atomic mass is 32.2. The van der Waals surface area contributed by atoms with Crippen molar-refractivity contribution in [2.24, 2.45) is 5.92 Å². The van der Waals surface area contributed by atoms with Gasteiger partial charge >= 0.3 is 0 Å². The predicted octanol–water partition coefficient (Wildman–Crippen LogP) is 3.84. The SMILES string of the molecule is CC(=O)Nc1cccc([C@@H]2O[C@H](CSc3ncn[nH]3)[C@H](C)[C@H](c3ccc(CO)cc3)O2)c1. The monoisotopic (exact) mass is 454 g/mol. The molecule has 9 heteroatoms. The van der Waals surface area contributed by atoms with Crippen LogP contribution in [0, 0.1) is 5.92 Å². The summed E-state index contributed by atoms with van der Waals surface area (Å²) in [6, 6.07) is 15.3. The fourth-order valence-electron chi connectivity index (χ4n) is 3.70. The van der Waals surface area contributed by atoms with Gasteiger partial charge in [0.15, 0.2) is 11.4 Å². The van der Waals surface area contributed by atoms with Crippen molar-refractivity contribution in [3.8, 4) is 0 Å². The lowest BCUT2D eigenvalue weighted by Gasteiger charge is -2.41. The number of ether oxygens (including phenoxy) is 2. The van der Waals surface area contributed by atoms with Crippen LogP contribution in [-0.2, 0) is 20.9 Å². The zero-order chi connectivity index (χ0) is 22.5. The van der Waals surface area contributed by atoms with Crippen molar-refractivity contribution in [2.45, 2.75) is 44.1 Å². The van der Waals surface area contributed by atoms with Crippen LogP contribution in [0.4, 0.5) is 5.69 Å². The maximum Gasteiger partial charge on any atom is 0.221 e. The van der Waals surface area contributed by atoms with E-state index in [1.807, 2.05) is 48.5 Å². The number of rotatable bonds is 7. The minimum absolute atomic E-state index is 0.000514. The second-order valence-electron chi connectivity index (χ2n) is 7.73. The Bertz CT molecular complexity index is 1030. The van der Waals surface area contributed by atoms with E-state index in [2.05, 4.69) is 27.4 Å². The van der Waals surface area contributed by atoms with Crippen molar-refractivity contribution in [3.63, 3.8) is 0 Å². The number of carbonyl (C=O) groups excluding carboxylic acids is 1. The first kappa shape index (κ1) is 22.5. The zero-order valence-corrected chi connectivity index (χ0v) is 18.7. The van der Waals surface area contributed by atoms with Gasteiger partial charge in [-0.3, -0.25) is 9.89 Å². The lowest BCUT2D eigenvalue weighted by Crippen LogP contribution is -2.38. The second-order valence-corrected chi connectivity index (χ2v) is 8.74. The fraction of sp³-hybridized carbons (Fsp3) is 0.348. The first-order chi connectivity index (χ1) is 15.5. The average molecular weight is 455 g/mol. The summed E-state index contributed by atoms with van der Waals surface area (Å²) in [6.07, 6.45) is 0.572. The number of benzene rings is 2. The van der Waals surface area contributed by atoms with Crippen LogP contribution in [0.2, 0.25) is 0 Å². The zero-order valence-electron chi connectivity index (χ0n) is 17.9. The summed E-state index contributed by atoms with van der Waals surface area (Å²) in [5.41, 5.74) is 3.40. The van der Waals surface area contributed by atoms with Gasteiger partial charge in [0.2, 0.25) is 5.91 Å². The van der Waals surface area contributed by atoms with E-state index in [9.17, 15) is 9.90 Å². The van der Waals surface area contributed by atoms with Crippen LogP contribution < -0.4 is 5.32 Å². The maximum atomic E-state index is 11.5. The molecule has 1 amide bonds. The van der Waals surface area contributed by atoms with Gasteiger partial charge in [0.05, 0.1) is 18.8 Å². The molecule has 0 radical (unpaired) electrons. The Morgan fingerprint density at radius 1 is 1.19 bits per heavy atom. The molecule has 1 aromatic heterocycles. The smallest absolute Gasteiger partial charge is 0.221 e. The Kier molecular flexibility index (Phi) is 7.21. The molecule has 0 aliphatic carbocycles. The number of hydrogen-bond donors (Lipinski definition) is 3. The molecule has 1 aliphatic rings. The van der Waals surface area contributed by atoms with Crippen LogP contribution in [0.25, 0.3) is 0 Å². The van der Waals surface area contributed by atoms with Gasteiger partial charge in [0.25, 0.3) is 0 Å². The summed E-state index contributed by atoms with van der Waals surface area (Å²) < 4.78 is 12.8. The topological polar surface area (TPSA) is 109 Å². The van der Waals surface area contributed by atoms with Crippen LogP contribution in [0.3, 0.4) is 0 Å². The number of nitrogens with one attached hydrogen (secondary N) is 2. The molecule has 4 rings (SSSR count). The molecule has 1 saturated heterocycles. The first-order valence-corrected chi connectivity index (χ1v) is 11.4. The van der Waals surface area contributed by atoms with Crippen LogP contribution in [0.5, 0.6) is 0 Å². The van der Waals surface area contributed by atoms with E-state index in [-0.39, 0.29) is 30.6 Å². The number of nitrogens with zero attached hydrogens (tertiary/aromatic N) is 2. The molecule has 2 heterocycles. The first-order valence-electron chi connectivity index (χ1n) is 10.4. The third-order valence-corrected chi connectivity index (χ3v) is 6.35. The van der Waals surface area contributed by atoms with Crippen molar-refractivity contribution < 1.29 is 19.4 Å². The van der Waals surface area contributed by atoms with E-state index in [0.717, 1.165) is 21.8 Å². The number of aromatic amines is 1. The molecule has 1 aliphatic heterocycles. The number of aromatic nitrogens is 3. The highest BCUT2D eigenvalue weighted by Gasteiger charge is 2.38. The van der Waals surface area contributed by atoms with E-state index in [0.29, 0.717) is 11.4 Å². The van der Waals surface area contributed by atoms with E-state index >= 15 is 0 Å². The Hall–Kier alpha value is -2.72. The molecule has 3 aromatic rings. The third-order valence-electron chi connectivity index (χ3n) is 5.38. The molecule has 0 bridgehead atoms. The fourth-order valence-corrected chi connectivity index (χ4v) is 4.64. The summed E-state index contributed by atoms with van der Waals surface area (Å²) in [4.78, 5) is 15.7. The molecule has 0 unspecified atom stereocenters. The number of anilines is 1. The van der Waals surface area contributed by atoms with Crippen molar-refractivity contribution in [3.05, 3.63) is 71.5 Å². The van der Waals surface area contributed by atoms with E-state index in [1.165, 1.54) is 13.3 Å². The molecule has 168 valence electrons. The Morgan fingerprint density at radius 3 is 2.69 bits per heavy atom. The number of thioether (sulfide) groups is 1. The van der Waals surface area contributed by atoms with Crippen LogP contribution >= 0.6 is 11.8 Å². The largest absolute Gasteiger partial charge is 0.392 e. The van der Waals surface area contributed by atoms with Gasteiger partial charge < -0.3 is 19.9 Å². The van der Waals surface area contributed by atoms with Crippen molar-refractivity contribution >= 4 is 23.4 Å². The van der Waals surface area contributed by atoms with Crippen molar-refractivity contribution in [1.29, 1.82) is 0 Å².